The maximum Gasteiger partial charge on any atom is 0.344 e. The second kappa shape index (κ2) is 6.97. The van der Waals surface area contributed by atoms with Crippen LogP contribution in [-0.2, 0) is 4.79 Å². The van der Waals surface area contributed by atoms with Crippen LogP contribution in [0.25, 0.3) is 22.1 Å². The fourth-order valence-electron chi connectivity index (χ4n) is 2.88. The Morgan fingerprint density at radius 3 is 2.79 bits per heavy atom. The highest BCUT2D eigenvalue weighted by atomic mass is 32.1. The highest BCUT2D eigenvalue weighted by molar-refractivity contribution is 7.15. The molecule has 0 aliphatic heterocycles. The number of para-hydroxylation sites is 2. The van der Waals surface area contributed by atoms with E-state index >= 15 is 0 Å². The van der Waals surface area contributed by atoms with E-state index in [2.05, 4.69) is 4.98 Å². The molecule has 0 unspecified atom stereocenters. The van der Waals surface area contributed by atoms with E-state index in [4.69, 9.17) is 14.6 Å². The fraction of sp³-hybridized carbons (Fsp3) is 0.150. The van der Waals surface area contributed by atoms with Gasteiger partial charge in [-0.3, -0.25) is 4.79 Å². The Balaban J connectivity index is 1.77. The first-order chi connectivity index (χ1) is 13.5. The molecule has 0 saturated carbocycles. The summed E-state index contributed by atoms with van der Waals surface area (Å²) in [6, 6.07) is 12.6. The molecule has 28 heavy (non-hydrogen) atoms. The molecule has 142 valence electrons. The van der Waals surface area contributed by atoms with Crippen molar-refractivity contribution in [2.24, 2.45) is 0 Å². The number of carboxylic acids is 1. The molecule has 4 rings (SSSR count). The number of imidazole rings is 1. The zero-order valence-corrected chi connectivity index (χ0v) is 15.9. The van der Waals surface area contributed by atoms with Crippen molar-refractivity contribution < 1.29 is 19.4 Å². The van der Waals surface area contributed by atoms with Crippen LogP contribution in [0.3, 0.4) is 0 Å². The summed E-state index contributed by atoms with van der Waals surface area (Å²) in [4.78, 5) is 29.0. The second-order valence-corrected chi connectivity index (χ2v) is 7.15. The van der Waals surface area contributed by atoms with Crippen molar-refractivity contribution in [3.63, 3.8) is 0 Å². The molecule has 1 N–H and O–H groups in total. The topological polar surface area (TPSA) is 90.1 Å². The summed E-state index contributed by atoms with van der Waals surface area (Å²) >= 11 is 1.31. The van der Waals surface area contributed by atoms with E-state index in [0.717, 1.165) is 16.6 Å². The lowest BCUT2D eigenvalue weighted by Crippen LogP contribution is -2.23. The highest BCUT2D eigenvalue weighted by Gasteiger charge is 2.16. The molecule has 0 spiro atoms. The van der Waals surface area contributed by atoms with Crippen LogP contribution in [0.1, 0.15) is 12.5 Å². The Morgan fingerprint density at radius 2 is 2.04 bits per heavy atom. The molecule has 0 aliphatic carbocycles. The van der Waals surface area contributed by atoms with Crippen LogP contribution in [0.5, 0.6) is 11.5 Å². The maximum absolute atomic E-state index is 12.8. The average molecular weight is 396 g/mol. The molecule has 0 aliphatic rings. The van der Waals surface area contributed by atoms with E-state index in [1.807, 2.05) is 24.3 Å². The van der Waals surface area contributed by atoms with Gasteiger partial charge in [-0.1, -0.05) is 29.5 Å². The largest absolute Gasteiger partial charge is 0.493 e. The minimum atomic E-state index is -1.07. The van der Waals surface area contributed by atoms with Gasteiger partial charge in [-0.2, -0.15) is 0 Å². The van der Waals surface area contributed by atoms with Gasteiger partial charge >= 0.3 is 5.97 Å². The summed E-state index contributed by atoms with van der Waals surface area (Å²) in [5.41, 5.74) is 2.17. The molecular weight excluding hydrogens is 380 g/mol. The summed E-state index contributed by atoms with van der Waals surface area (Å²) in [6.07, 6.45) is 0.749. The van der Waals surface area contributed by atoms with Crippen molar-refractivity contribution in [3.8, 4) is 11.5 Å². The molecule has 1 atom stereocenters. The third-order valence-corrected chi connectivity index (χ3v) is 5.25. The van der Waals surface area contributed by atoms with Gasteiger partial charge in [-0.15, -0.1) is 0 Å². The van der Waals surface area contributed by atoms with Gasteiger partial charge in [0.15, 0.2) is 22.6 Å². The predicted octanol–water partition coefficient (Wildman–Crippen LogP) is 2.32. The normalized spacial score (nSPS) is 13.1. The first kappa shape index (κ1) is 18.0. The van der Waals surface area contributed by atoms with Crippen LogP contribution in [0.4, 0.5) is 0 Å². The second-order valence-electron chi connectivity index (χ2n) is 6.14. The minimum absolute atomic E-state index is 0.132. The number of carboxylic acid groups (broad SMARTS) is 1. The van der Waals surface area contributed by atoms with Gasteiger partial charge in [0.05, 0.1) is 22.7 Å². The number of hydrogen-bond acceptors (Lipinski definition) is 6. The molecule has 0 amide bonds. The first-order valence-corrected chi connectivity index (χ1v) is 9.29. The molecule has 8 heteroatoms. The van der Waals surface area contributed by atoms with E-state index in [1.165, 1.54) is 25.4 Å². The van der Waals surface area contributed by atoms with E-state index in [-0.39, 0.29) is 5.56 Å². The summed E-state index contributed by atoms with van der Waals surface area (Å²) in [6.45, 7) is 1.44. The van der Waals surface area contributed by atoms with E-state index in [0.29, 0.717) is 21.0 Å². The molecule has 0 saturated heterocycles. The van der Waals surface area contributed by atoms with Crippen LogP contribution < -0.4 is 19.6 Å². The SMILES string of the molecule is COc1cc(/C=c2/sc3nc4ccccc4n3c2=O)ccc1O[C@@H](C)C(=O)O. The van der Waals surface area contributed by atoms with Crippen molar-refractivity contribution >= 4 is 39.4 Å². The Morgan fingerprint density at radius 1 is 1.25 bits per heavy atom. The molecule has 0 bridgehead atoms. The molecule has 7 nitrogen and oxygen atoms in total. The highest BCUT2D eigenvalue weighted by Crippen LogP contribution is 2.29. The Hall–Kier alpha value is -3.39. The quantitative estimate of drug-likeness (QED) is 0.557. The van der Waals surface area contributed by atoms with Gasteiger partial charge in [0, 0.05) is 0 Å². The third kappa shape index (κ3) is 3.07. The number of methoxy groups -OCH3 is 1. The van der Waals surface area contributed by atoms with Gasteiger partial charge in [0.1, 0.15) is 0 Å². The van der Waals surface area contributed by atoms with E-state index in [1.54, 1.807) is 28.7 Å². The van der Waals surface area contributed by atoms with E-state index in [9.17, 15) is 9.59 Å². The average Bonchev–Trinajstić information content (AvgIpc) is 3.19. The first-order valence-electron chi connectivity index (χ1n) is 8.47. The Labute approximate surface area is 163 Å². The molecule has 4 aromatic rings. The van der Waals surface area contributed by atoms with Crippen molar-refractivity contribution in [3.05, 3.63) is 62.9 Å². The fourth-order valence-corrected chi connectivity index (χ4v) is 3.86. The van der Waals surface area contributed by atoms with Crippen LogP contribution in [0.15, 0.2) is 47.3 Å². The smallest absolute Gasteiger partial charge is 0.344 e. The Bertz CT molecular complexity index is 1310. The zero-order chi connectivity index (χ0) is 19.8. The number of ether oxygens (including phenoxy) is 2. The van der Waals surface area contributed by atoms with Gasteiger partial charge < -0.3 is 14.6 Å². The molecule has 2 aromatic heterocycles. The molecule has 0 fully saturated rings. The lowest BCUT2D eigenvalue weighted by Gasteiger charge is -2.14. The zero-order valence-electron chi connectivity index (χ0n) is 15.1. The minimum Gasteiger partial charge on any atom is -0.493 e. The summed E-state index contributed by atoms with van der Waals surface area (Å²) in [5, 5.41) is 9.00. The number of aliphatic carboxylic acids is 1. The number of aromatic nitrogens is 2. The molecule has 2 aromatic carbocycles. The Kier molecular flexibility index (Phi) is 4.48. The van der Waals surface area contributed by atoms with Crippen LogP contribution in [0, 0.1) is 0 Å². The van der Waals surface area contributed by atoms with Crippen molar-refractivity contribution in [2.75, 3.05) is 7.11 Å². The molecule has 2 heterocycles. The summed E-state index contributed by atoms with van der Waals surface area (Å²) in [5.74, 6) is -0.354. The monoisotopic (exact) mass is 396 g/mol. The number of hydrogen-bond donors (Lipinski definition) is 1. The number of nitrogens with zero attached hydrogens (tertiary/aromatic N) is 2. The van der Waals surface area contributed by atoms with Crippen LogP contribution in [-0.4, -0.2) is 33.7 Å². The van der Waals surface area contributed by atoms with Gasteiger partial charge in [0.25, 0.3) is 5.56 Å². The lowest BCUT2D eigenvalue weighted by atomic mass is 10.2. The van der Waals surface area contributed by atoms with E-state index < -0.39 is 12.1 Å². The summed E-state index contributed by atoms with van der Waals surface area (Å²) in [7, 11) is 1.47. The van der Waals surface area contributed by atoms with Crippen molar-refractivity contribution in [2.45, 2.75) is 13.0 Å². The maximum atomic E-state index is 12.8. The van der Waals surface area contributed by atoms with Crippen LogP contribution >= 0.6 is 11.3 Å². The number of benzene rings is 2. The number of fused-ring (bicyclic) bond motifs is 3. The van der Waals surface area contributed by atoms with Crippen LogP contribution in [0.2, 0.25) is 0 Å². The van der Waals surface area contributed by atoms with Gasteiger partial charge in [-0.25, -0.2) is 14.2 Å². The van der Waals surface area contributed by atoms with Crippen molar-refractivity contribution in [1.82, 2.24) is 9.38 Å². The lowest BCUT2D eigenvalue weighted by molar-refractivity contribution is -0.144. The third-order valence-electron chi connectivity index (χ3n) is 4.28. The number of thiazole rings is 1. The van der Waals surface area contributed by atoms with Gasteiger partial charge in [-0.05, 0) is 42.8 Å². The van der Waals surface area contributed by atoms with Crippen molar-refractivity contribution in [1.29, 1.82) is 0 Å². The molecular formula is C20H16N2O5S. The summed E-state index contributed by atoms with van der Waals surface area (Å²) < 4.78 is 12.9. The molecule has 0 radical (unpaired) electrons. The number of rotatable bonds is 5. The van der Waals surface area contributed by atoms with Gasteiger partial charge in [0.2, 0.25) is 0 Å². The standard InChI is InChI=1S/C20H16N2O5S/c1-11(19(24)25)27-15-8-7-12(9-16(15)26-2)10-17-18(23)22-14-6-4-3-5-13(14)21-20(22)28-17/h3-11H,1-2H3,(H,24,25)/b17-10+/t11-/m0/s1. The number of carbonyl (C=O) groups is 1. The predicted molar refractivity (Wildman–Crippen MR) is 106 cm³/mol.